The van der Waals surface area contributed by atoms with Crippen LogP contribution in [0.15, 0.2) is 0 Å². The molecular formula is C7H13ClFN. The van der Waals surface area contributed by atoms with Crippen molar-refractivity contribution in [2.45, 2.75) is 19.0 Å². The number of fused-ring (bicyclic) bond motifs is 1. The Morgan fingerprint density at radius 3 is 2.70 bits per heavy atom. The number of alkyl halides is 1. The summed E-state index contributed by atoms with van der Waals surface area (Å²) in [7, 11) is 0. The van der Waals surface area contributed by atoms with Crippen molar-refractivity contribution in [1.29, 1.82) is 0 Å². The molecule has 0 spiro atoms. The Kier molecular flexibility index (Phi) is 2.53. The normalized spacial score (nSPS) is 44.7. The van der Waals surface area contributed by atoms with Gasteiger partial charge in [0.05, 0.1) is 0 Å². The molecule has 1 heterocycles. The third kappa shape index (κ3) is 1.15. The van der Waals surface area contributed by atoms with E-state index in [1.807, 2.05) is 0 Å². The number of hydrogen-bond acceptors (Lipinski definition) is 1. The SMILES string of the molecule is Cl.FC1CCC2CNCC12. The largest absolute Gasteiger partial charge is 0.316 e. The van der Waals surface area contributed by atoms with Gasteiger partial charge >= 0.3 is 0 Å². The fourth-order valence-corrected chi connectivity index (χ4v) is 2.08. The number of nitrogens with one attached hydrogen (secondary N) is 1. The first-order chi connectivity index (χ1) is 4.38. The summed E-state index contributed by atoms with van der Waals surface area (Å²) in [4.78, 5) is 0. The Morgan fingerprint density at radius 1 is 1.20 bits per heavy atom. The van der Waals surface area contributed by atoms with Crippen LogP contribution < -0.4 is 5.32 Å². The summed E-state index contributed by atoms with van der Waals surface area (Å²) in [5.41, 5.74) is 0. The summed E-state index contributed by atoms with van der Waals surface area (Å²) in [6.45, 7) is 1.98. The van der Waals surface area contributed by atoms with Crippen molar-refractivity contribution in [1.82, 2.24) is 5.32 Å². The maximum absolute atomic E-state index is 12.8. The summed E-state index contributed by atoms with van der Waals surface area (Å²) in [6, 6.07) is 0. The lowest BCUT2D eigenvalue weighted by Gasteiger charge is -2.07. The molecule has 0 aromatic heterocycles. The zero-order valence-electron chi connectivity index (χ0n) is 5.85. The highest BCUT2D eigenvalue weighted by Crippen LogP contribution is 2.36. The van der Waals surface area contributed by atoms with Crippen molar-refractivity contribution in [2.24, 2.45) is 11.8 Å². The van der Waals surface area contributed by atoms with Gasteiger partial charge in [-0.3, -0.25) is 0 Å². The van der Waals surface area contributed by atoms with Crippen molar-refractivity contribution >= 4 is 12.4 Å². The Balaban J connectivity index is 0.000000500. The summed E-state index contributed by atoms with van der Waals surface area (Å²) >= 11 is 0. The highest BCUT2D eigenvalue weighted by molar-refractivity contribution is 5.85. The third-order valence-electron chi connectivity index (χ3n) is 2.67. The van der Waals surface area contributed by atoms with E-state index in [0.29, 0.717) is 11.8 Å². The summed E-state index contributed by atoms with van der Waals surface area (Å²) in [5, 5.41) is 3.21. The van der Waals surface area contributed by atoms with Crippen LogP contribution in [0.4, 0.5) is 4.39 Å². The van der Waals surface area contributed by atoms with Gasteiger partial charge in [-0.2, -0.15) is 0 Å². The first kappa shape index (κ1) is 8.28. The summed E-state index contributed by atoms with van der Waals surface area (Å²) < 4.78 is 12.8. The van der Waals surface area contributed by atoms with Gasteiger partial charge < -0.3 is 5.32 Å². The monoisotopic (exact) mass is 165 g/mol. The molecule has 1 nitrogen and oxygen atoms in total. The van der Waals surface area contributed by atoms with Crippen LogP contribution in [-0.4, -0.2) is 19.3 Å². The lowest BCUT2D eigenvalue weighted by Crippen LogP contribution is -2.16. The number of hydrogen-bond donors (Lipinski definition) is 1. The van der Waals surface area contributed by atoms with Crippen LogP contribution in [-0.2, 0) is 0 Å². The van der Waals surface area contributed by atoms with E-state index in [-0.39, 0.29) is 12.4 Å². The predicted molar refractivity (Wildman–Crippen MR) is 41.2 cm³/mol. The first-order valence-electron chi connectivity index (χ1n) is 3.72. The van der Waals surface area contributed by atoms with Crippen molar-refractivity contribution in [3.05, 3.63) is 0 Å². The molecule has 2 aliphatic rings. The first-order valence-corrected chi connectivity index (χ1v) is 3.72. The van der Waals surface area contributed by atoms with Gasteiger partial charge in [0.1, 0.15) is 6.17 Å². The smallest absolute Gasteiger partial charge is 0.104 e. The molecule has 10 heavy (non-hydrogen) atoms. The Hall–Kier alpha value is 0.180. The molecular weight excluding hydrogens is 153 g/mol. The minimum Gasteiger partial charge on any atom is -0.316 e. The fraction of sp³-hybridized carbons (Fsp3) is 1.00. The maximum Gasteiger partial charge on any atom is 0.104 e. The van der Waals surface area contributed by atoms with Crippen LogP contribution in [0.25, 0.3) is 0 Å². The molecule has 2 fully saturated rings. The van der Waals surface area contributed by atoms with Gasteiger partial charge in [-0.15, -0.1) is 12.4 Å². The molecule has 2 rings (SSSR count). The lowest BCUT2D eigenvalue weighted by atomic mass is 10.0. The molecule has 0 radical (unpaired) electrons. The second-order valence-electron chi connectivity index (χ2n) is 3.18. The second-order valence-corrected chi connectivity index (χ2v) is 3.18. The zero-order valence-corrected chi connectivity index (χ0v) is 6.66. The van der Waals surface area contributed by atoms with Gasteiger partial charge in [0.2, 0.25) is 0 Å². The molecule has 1 aliphatic heterocycles. The van der Waals surface area contributed by atoms with E-state index in [1.54, 1.807) is 0 Å². The lowest BCUT2D eigenvalue weighted by molar-refractivity contribution is 0.260. The van der Waals surface area contributed by atoms with Crippen LogP contribution in [0.5, 0.6) is 0 Å². The second kappa shape index (κ2) is 3.05. The standard InChI is InChI=1S/C7H12FN.ClH/c8-7-2-1-5-3-9-4-6(5)7;/h5-7,9H,1-4H2;1H. The predicted octanol–water partition coefficient (Wildman–Crippen LogP) is 1.38. The Bertz CT molecular complexity index is 120. The van der Waals surface area contributed by atoms with Gasteiger partial charge in [-0.25, -0.2) is 4.39 Å². The average Bonchev–Trinajstić information content (AvgIpc) is 2.35. The van der Waals surface area contributed by atoms with Crippen molar-refractivity contribution < 1.29 is 4.39 Å². The van der Waals surface area contributed by atoms with E-state index in [4.69, 9.17) is 0 Å². The maximum atomic E-state index is 12.8. The van der Waals surface area contributed by atoms with E-state index in [1.165, 1.54) is 0 Å². The fourth-order valence-electron chi connectivity index (χ4n) is 2.08. The van der Waals surface area contributed by atoms with Crippen molar-refractivity contribution in [3.8, 4) is 0 Å². The van der Waals surface area contributed by atoms with Crippen LogP contribution in [0.1, 0.15) is 12.8 Å². The number of rotatable bonds is 0. The highest BCUT2D eigenvalue weighted by Gasteiger charge is 2.38. The molecule has 60 valence electrons. The molecule has 3 unspecified atom stereocenters. The van der Waals surface area contributed by atoms with Gasteiger partial charge in [-0.1, -0.05) is 0 Å². The van der Waals surface area contributed by atoms with Gasteiger partial charge in [0, 0.05) is 12.5 Å². The van der Waals surface area contributed by atoms with Crippen LogP contribution in [0.3, 0.4) is 0 Å². The van der Waals surface area contributed by atoms with Gasteiger partial charge in [0.25, 0.3) is 0 Å². The van der Waals surface area contributed by atoms with E-state index in [2.05, 4.69) is 5.32 Å². The zero-order chi connectivity index (χ0) is 6.27. The van der Waals surface area contributed by atoms with Crippen LogP contribution >= 0.6 is 12.4 Å². The van der Waals surface area contributed by atoms with Crippen molar-refractivity contribution in [3.63, 3.8) is 0 Å². The minimum absolute atomic E-state index is 0. The van der Waals surface area contributed by atoms with Crippen LogP contribution in [0, 0.1) is 11.8 Å². The molecule has 1 N–H and O–H groups in total. The molecule has 0 aromatic carbocycles. The van der Waals surface area contributed by atoms with Crippen LogP contribution in [0.2, 0.25) is 0 Å². The summed E-state index contributed by atoms with van der Waals surface area (Å²) in [6.07, 6.45) is 1.43. The highest BCUT2D eigenvalue weighted by atomic mass is 35.5. The molecule has 3 atom stereocenters. The Morgan fingerprint density at radius 2 is 2.00 bits per heavy atom. The summed E-state index contributed by atoms with van der Waals surface area (Å²) in [5.74, 6) is 1.03. The molecule has 0 amide bonds. The third-order valence-corrected chi connectivity index (χ3v) is 2.67. The quantitative estimate of drug-likeness (QED) is 0.572. The minimum atomic E-state index is -0.495. The average molecular weight is 166 g/mol. The van der Waals surface area contributed by atoms with E-state index in [9.17, 15) is 4.39 Å². The molecule has 1 saturated carbocycles. The molecule has 1 aliphatic carbocycles. The molecule has 0 aromatic rings. The van der Waals surface area contributed by atoms with E-state index in [0.717, 1.165) is 25.9 Å². The van der Waals surface area contributed by atoms with E-state index >= 15 is 0 Å². The Labute approximate surface area is 66.8 Å². The van der Waals surface area contributed by atoms with E-state index < -0.39 is 6.17 Å². The molecule has 3 heteroatoms. The molecule has 1 saturated heterocycles. The van der Waals surface area contributed by atoms with Gasteiger partial charge in [0.15, 0.2) is 0 Å². The topological polar surface area (TPSA) is 12.0 Å². The molecule has 0 bridgehead atoms. The van der Waals surface area contributed by atoms with Gasteiger partial charge in [-0.05, 0) is 25.3 Å². The van der Waals surface area contributed by atoms with Crippen molar-refractivity contribution in [2.75, 3.05) is 13.1 Å². The number of halogens is 2.